The van der Waals surface area contributed by atoms with Crippen LogP contribution in [0.3, 0.4) is 0 Å². The fourth-order valence-electron chi connectivity index (χ4n) is 1.14. The molecule has 0 unspecified atom stereocenters. The van der Waals surface area contributed by atoms with E-state index in [1.165, 1.54) is 12.3 Å². The molecule has 0 aliphatic rings. The van der Waals surface area contributed by atoms with Crippen LogP contribution in [0.4, 0.5) is 8.78 Å². The van der Waals surface area contributed by atoms with E-state index in [-0.39, 0.29) is 11.5 Å². The third kappa shape index (κ3) is 1.51. The van der Waals surface area contributed by atoms with E-state index in [9.17, 15) is 8.78 Å². The van der Waals surface area contributed by atoms with Crippen LogP contribution in [0.15, 0.2) is 28.9 Å². The molecule has 14 heavy (non-hydrogen) atoms. The van der Waals surface area contributed by atoms with Crippen LogP contribution in [-0.4, -0.2) is 4.98 Å². The molecular formula is C10H7F2NO. The number of hydrogen-bond donors (Lipinski definition) is 0. The Morgan fingerprint density at radius 2 is 2.07 bits per heavy atom. The lowest BCUT2D eigenvalue weighted by Crippen LogP contribution is -1.86. The molecule has 0 spiro atoms. The second-order valence-corrected chi connectivity index (χ2v) is 2.92. The van der Waals surface area contributed by atoms with E-state index in [2.05, 4.69) is 4.98 Å². The molecule has 1 aromatic carbocycles. The molecule has 0 saturated heterocycles. The van der Waals surface area contributed by atoms with Gasteiger partial charge >= 0.3 is 0 Å². The minimum Gasteiger partial charge on any atom is -0.444 e. The SMILES string of the molecule is Cc1coc(-c2ccc(F)cc2F)n1. The first-order valence-corrected chi connectivity index (χ1v) is 4.04. The summed E-state index contributed by atoms with van der Waals surface area (Å²) in [6.45, 7) is 1.73. The van der Waals surface area contributed by atoms with Gasteiger partial charge in [-0.2, -0.15) is 0 Å². The Hall–Kier alpha value is -1.71. The number of benzene rings is 1. The maximum atomic E-state index is 13.2. The zero-order valence-corrected chi connectivity index (χ0v) is 7.42. The van der Waals surface area contributed by atoms with Crippen molar-refractivity contribution in [3.05, 3.63) is 41.8 Å². The van der Waals surface area contributed by atoms with Crippen molar-refractivity contribution in [2.24, 2.45) is 0 Å². The predicted molar refractivity (Wildman–Crippen MR) is 46.6 cm³/mol. The lowest BCUT2D eigenvalue weighted by atomic mass is 10.2. The summed E-state index contributed by atoms with van der Waals surface area (Å²) in [4.78, 5) is 3.94. The molecule has 72 valence electrons. The average Bonchev–Trinajstić information content (AvgIpc) is 2.51. The molecular weight excluding hydrogens is 188 g/mol. The molecule has 4 heteroatoms. The molecule has 1 heterocycles. The molecule has 0 saturated carbocycles. The van der Waals surface area contributed by atoms with Gasteiger partial charge in [-0.25, -0.2) is 13.8 Å². The molecule has 0 aliphatic carbocycles. The summed E-state index contributed by atoms with van der Waals surface area (Å²) in [6.07, 6.45) is 1.41. The maximum absolute atomic E-state index is 13.2. The van der Waals surface area contributed by atoms with Gasteiger partial charge in [0.2, 0.25) is 5.89 Å². The van der Waals surface area contributed by atoms with Crippen LogP contribution in [0.2, 0.25) is 0 Å². The third-order valence-electron chi connectivity index (χ3n) is 1.78. The summed E-state index contributed by atoms with van der Waals surface area (Å²) >= 11 is 0. The van der Waals surface area contributed by atoms with E-state index in [0.717, 1.165) is 12.1 Å². The molecule has 2 aromatic rings. The number of hydrogen-bond acceptors (Lipinski definition) is 2. The van der Waals surface area contributed by atoms with E-state index < -0.39 is 11.6 Å². The number of nitrogens with zero attached hydrogens (tertiary/aromatic N) is 1. The Morgan fingerprint density at radius 3 is 2.64 bits per heavy atom. The standard InChI is InChI=1S/C10H7F2NO/c1-6-5-14-10(13-6)8-3-2-7(11)4-9(8)12/h2-5H,1H3. The van der Waals surface area contributed by atoms with E-state index in [1.807, 2.05) is 0 Å². The Kier molecular flexibility index (Phi) is 2.04. The van der Waals surface area contributed by atoms with Crippen molar-refractivity contribution in [2.45, 2.75) is 6.92 Å². The number of halogens is 2. The van der Waals surface area contributed by atoms with Crippen molar-refractivity contribution in [2.75, 3.05) is 0 Å². The smallest absolute Gasteiger partial charge is 0.229 e. The first-order valence-electron chi connectivity index (χ1n) is 4.04. The van der Waals surface area contributed by atoms with Crippen molar-refractivity contribution < 1.29 is 13.2 Å². The van der Waals surface area contributed by atoms with Gasteiger partial charge in [-0.05, 0) is 19.1 Å². The molecule has 0 atom stereocenters. The molecule has 0 amide bonds. The highest BCUT2D eigenvalue weighted by Crippen LogP contribution is 2.22. The van der Waals surface area contributed by atoms with Crippen molar-refractivity contribution in [3.8, 4) is 11.5 Å². The maximum Gasteiger partial charge on any atom is 0.229 e. The van der Waals surface area contributed by atoms with Crippen LogP contribution in [-0.2, 0) is 0 Å². The van der Waals surface area contributed by atoms with Crippen molar-refractivity contribution >= 4 is 0 Å². The summed E-state index contributed by atoms with van der Waals surface area (Å²) < 4.78 is 30.8. The van der Waals surface area contributed by atoms with E-state index >= 15 is 0 Å². The third-order valence-corrected chi connectivity index (χ3v) is 1.78. The van der Waals surface area contributed by atoms with Gasteiger partial charge in [0.15, 0.2) is 0 Å². The van der Waals surface area contributed by atoms with Crippen LogP contribution in [0.5, 0.6) is 0 Å². The number of rotatable bonds is 1. The molecule has 0 radical (unpaired) electrons. The number of oxazole rings is 1. The number of aromatic nitrogens is 1. The van der Waals surface area contributed by atoms with Crippen LogP contribution >= 0.6 is 0 Å². The van der Waals surface area contributed by atoms with E-state index in [1.54, 1.807) is 6.92 Å². The molecule has 0 fully saturated rings. The van der Waals surface area contributed by atoms with E-state index in [0.29, 0.717) is 5.69 Å². The Labute approximate surface area is 79.2 Å². The molecule has 2 rings (SSSR count). The molecule has 0 bridgehead atoms. The summed E-state index contributed by atoms with van der Waals surface area (Å²) in [5.41, 5.74) is 0.822. The minimum absolute atomic E-state index is 0.166. The Morgan fingerprint density at radius 1 is 1.29 bits per heavy atom. The highest BCUT2D eigenvalue weighted by atomic mass is 19.1. The molecule has 0 N–H and O–H groups in total. The minimum atomic E-state index is -0.674. The first-order chi connectivity index (χ1) is 6.66. The summed E-state index contributed by atoms with van der Waals surface area (Å²) in [7, 11) is 0. The van der Waals surface area contributed by atoms with E-state index in [4.69, 9.17) is 4.42 Å². The van der Waals surface area contributed by atoms with Gasteiger partial charge in [-0.3, -0.25) is 0 Å². The highest BCUT2D eigenvalue weighted by Gasteiger charge is 2.10. The Balaban J connectivity index is 2.52. The fourth-order valence-corrected chi connectivity index (χ4v) is 1.14. The molecule has 1 aromatic heterocycles. The second kappa shape index (κ2) is 3.21. The van der Waals surface area contributed by atoms with Crippen LogP contribution in [0.25, 0.3) is 11.5 Å². The summed E-state index contributed by atoms with van der Waals surface area (Å²) in [5.74, 6) is -1.12. The van der Waals surface area contributed by atoms with Crippen LogP contribution < -0.4 is 0 Å². The van der Waals surface area contributed by atoms with Crippen LogP contribution in [0, 0.1) is 18.6 Å². The Bertz CT molecular complexity index is 465. The monoisotopic (exact) mass is 195 g/mol. The first kappa shape index (κ1) is 8.87. The fraction of sp³-hybridized carbons (Fsp3) is 0.100. The largest absolute Gasteiger partial charge is 0.444 e. The summed E-state index contributed by atoms with van der Waals surface area (Å²) in [6, 6.07) is 3.27. The predicted octanol–water partition coefficient (Wildman–Crippen LogP) is 2.93. The zero-order chi connectivity index (χ0) is 10.1. The average molecular weight is 195 g/mol. The van der Waals surface area contributed by atoms with Crippen molar-refractivity contribution in [3.63, 3.8) is 0 Å². The molecule has 0 aliphatic heterocycles. The topological polar surface area (TPSA) is 26.0 Å². The lowest BCUT2D eigenvalue weighted by molar-refractivity contribution is 0.553. The second-order valence-electron chi connectivity index (χ2n) is 2.92. The normalized spacial score (nSPS) is 10.5. The quantitative estimate of drug-likeness (QED) is 0.699. The van der Waals surface area contributed by atoms with Gasteiger partial charge in [0.1, 0.15) is 17.9 Å². The number of aryl methyl sites for hydroxylation is 1. The molecule has 2 nitrogen and oxygen atoms in total. The van der Waals surface area contributed by atoms with Crippen molar-refractivity contribution in [1.82, 2.24) is 4.98 Å². The van der Waals surface area contributed by atoms with Gasteiger partial charge in [-0.1, -0.05) is 0 Å². The van der Waals surface area contributed by atoms with Gasteiger partial charge < -0.3 is 4.42 Å². The van der Waals surface area contributed by atoms with Gasteiger partial charge in [0.25, 0.3) is 0 Å². The lowest BCUT2D eigenvalue weighted by Gasteiger charge is -1.97. The zero-order valence-electron chi connectivity index (χ0n) is 7.42. The van der Waals surface area contributed by atoms with Crippen LogP contribution in [0.1, 0.15) is 5.69 Å². The highest BCUT2D eigenvalue weighted by molar-refractivity contribution is 5.53. The van der Waals surface area contributed by atoms with Gasteiger partial charge in [0.05, 0.1) is 11.3 Å². The van der Waals surface area contributed by atoms with Gasteiger partial charge in [0, 0.05) is 6.07 Å². The summed E-state index contributed by atoms with van der Waals surface area (Å²) in [5, 5.41) is 0. The van der Waals surface area contributed by atoms with Crippen molar-refractivity contribution in [1.29, 1.82) is 0 Å². The van der Waals surface area contributed by atoms with Gasteiger partial charge in [-0.15, -0.1) is 0 Å².